The predicted molar refractivity (Wildman–Crippen MR) is 35.5 cm³/mol. The van der Waals surface area contributed by atoms with Crippen molar-refractivity contribution in [1.29, 1.82) is 0 Å². The van der Waals surface area contributed by atoms with Gasteiger partial charge in [0.15, 0.2) is 5.76 Å². The van der Waals surface area contributed by atoms with E-state index < -0.39 is 5.97 Å². The number of hydrogen-bond acceptors (Lipinski definition) is 3. The van der Waals surface area contributed by atoms with E-state index in [-0.39, 0.29) is 6.42 Å². The number of rotatable bonds is 2. The molecule has 10 heavy (non-hydrogen) atoms. The SMILES string of the molecule is O=C(O)Cc1oncc1Br. The van der Waals surface area contributed by atoms with Crippen LogP contribution in [0.25, 0.3) is 0 Å². The van der Waals surface area contributed by atoms with Gasteiger partial charge in [-0.3, -0.25) is 4.79 Å². The zero-order valence-electron chi connectivity index (χ0n) is 4.87. The predicted octanol–water partition coefficient (Wildman–Crippen LogP) is 1.06. The fourth-order valence-electron chi connectivity index (χ4n) is 0.506. The van der Waals surface area contributed by atoms with E-state index in [0.29, 0.717) is 10.2 Å². The molecule has 0 spiro atoms. The lowest BCUT2D eigenvalue weighted by Crippen LogP contribution is -1.98. The van der Waals surface area contributed by atoms with Crippen molar-refractivity contribution in [2.24, 2.45) is 0 Å². The molecule has 1 rings (SSSR count). The number of aromatic nitrogens is 1. The summed E-state index contributed by atoms with van der Waals surface area (Å²) in [6.45, 7) is 0. The third-order valence-electron chi connectivity index (χ3n) is 0.907. The van der Waals surface area contributed by atoms with Gasteiger partial charge in [0.25, 0.3) is 0 Å². The van der Waals surface area contributed by atoms with Gasteiger partial charge in [-0.05, 0) is 15.9 Å². The van der Waals surface area contributed by atoms with E-state index in [1.807, 2.05) is 0 Å². The number of carboxylic acid groups (broad SMARTS) is 1. The number of aliphatic carboxylic acids is 1. The molecule has 54 valence electrons. The topological polar surface area (TPSA) is 63.3 Å². The van der Waals surface area contributed by atoms with Crippen LogP contribution in [0.1, 0.15) is 5.76 Å². The summed E-state index contributed by atoms with van der Waals surface area (Å²) in [4.78, 5) is 10.1. The van der Waals surface area contributed by atoms with Gasteiger partial charge >= 0.3 is 5.97 Å². The zero-order chi connectivity index (χ0) is 7.56. The van der Waals surface area contributed by atoms with Gasteiger partial charge in [-0.15, -0.1) is 0 Å². The van der Waals surface area contributed by atoms with Crippen LogP contribution in [0.3, 0.4) is 0 Å². The van der Waals surface area contributed by atoms with E-state index in [1.165, 1.54) is 6.20 Å². The number of carboxylic acids is 1. The summed E-state index contributed by atoms with van der Waals surface area (Å²) >= 11 is 3.08. The summed E-state index contributed by atoms with van der Waals surface area (Å²) in [7, 11) is 0. The van der Waals surface area contributed by atoms with Gasteiger partial charge in [0.2, 0.25) is 0 Å². The maximum Gasteiger partial charge on any atom is 0.311 e. The largest absolute Gasteiger partial charge is 0.481 e. The Morgan fingerprint density at radius 2 is 2.60 bits per heavy atom. The molecule has 1 heterocycles. The first-order valence-electron chi connectivity index (χ1n) is 2.51. The molecule has 0 saturated heterocycles. The van der Waals surface area contributed by atoms with Gasteiger partial charge in [0.05, 0.1) is 10.7 Å². The van der Waals surface area contributed by atoms with Gasteiger partial charge in [0.1, 0.15) is 6.42 Å². The molecule has 1 aromatic heterocycles. The third kappa shape index (κ3) is 1.57. The molecule has 0 atom stereocenters. The van der Waals surface area contributed by atoms with E-state index in [2.05, 4.69) is 25.6 Å². The van der Waals surface area contributed by atoms with Crippen molar-refractivity contribution in [3.8, 4) is 0 Å². The van der Waals surface area contributed by atoms with E-state index in [0.717, 1.165) is 0 Å². The van der Waals surface area contributed by atoms with Crippen molar-refractivity contribution < 1.29 is 14.4 Å². The first-order valence-corrected chi connectivity index (χ1v) is 3.30. The molecule has 0 aliphatic heterocycles. The standard InChI is InChI=1S/C5H4BrNO3/c6-3-2-7-10-4(3)1-5(8)9/h2H,1H2,(H,8,9). The van der Waals surface area contributed by atoms with E-state index >= 15 is 0 Å². The number of halogens is 1. The highest BCUT2D eigenvalue weighted by Gasteiger charge is 2.08. The Balaban J connectivity index is 2.74. The molecule has 0 bridgehead atoms. The molecular formula is C5H4BrNO3. The Hall–Kier alpha value is -0.840. The molecular weight excluding hydrogens is 202 g/mol. The van der Waals surface area contributed by atoms with Crippen LogP contribution in [0.15, 0.2) is 15.2 Å². The fourth-order valence-corrected chi connectivity index (χ4v) is 0.802. The van der Waals surface area contributed by atoms with E-state index in [4.69, 9.17) is 5.11 Å². The van der Waals surface area contributed by atoms with Crippen LogP contribution < -0.4 is 0 Å². The summed E-state index contributed by atoms with van der Waals surface area (Å²) in [5.41, 5.74) is 0. The normalized spacial score (nSPS) is 9.70. The van der Waals surface area contributed by atoms with Gasteiger partial charge in [-0.2, -0.15) is 0 Å². The average Bonchev–Trinajstić information content (AvgIpc) is 2.15. The molecule has 0 fully saturated rings. The molecule has 5 heteroatoms. The third-order valence-corrected chi connectivity index (χ3v) is 1.55. The quantitative estimate of drug-likeness (QED) is 0.785. The zero-order valence-corrected chi connectivity index (χ0v) is 6.46. The Morgan fingerprint density at radius 3 is 3.00 bits per heavy atom. The Morgan fingerprint density at radius 1 is 1.90 bits per heavy atom. The van der Waals surface area contributed by atoms with E-state index in [1.54, 1.807) is 0 Å². The second kappa shape index (κ2) is 2.83. The lowest BCUT2D eigenvalue weighted by Gasteiger charge is -1.86. The minimum Gasteiger partial charge on any atom is -0.481 e. The van der Waals surface area contributed by atoms with Crippen molar-refractivity contribution in [3.05, 3.63) is 16.4 Å². The molecule has 0 amide bonds. The lowest BCUT2D eigenvalue weighted by molar-refractivity contribution is -0.136. The summed E-state index contributed by atoms with van der Waals surface area (Å²) in [6, 6.07) is 0. The monoisotopic (exact) mass is 205 g/mol. The molecule has 1 aromatic rings. The van der Waals surface area contributed by atoms with Gasteiger partial charge in [-0.25, -0.2) is 0 Å². The van der Waals surface area contributed by atoms with Crippen molar-refractivity contribution in [2.75, 3.05) is 0 Å². The van der Waals surface area contributed by atoms with Crippen LogP contribution in [0.4, 0.5) is 0 Å². The summed E-state index contributed by atoms with van der Waals surface area (Å²) in [5.74, 6) is -0.593. The van der Waals surface area contributed by atoms with Crippen LogP contribution in [0.2, 0.25) is 0 Å². The van der Waals surface area contributed by atoms with Crippen LogP contribution in [-0.2, 0) is 11.2 Å². The highest BCUT2D eigenvalue weighted by molar-refractivity contribution is 9.10. The second-order valence-electron chi connectivity index (χ2n) is 1.67. The fraction of sp³-hybridized carbons (Fsp3) is 0.200. The Kier molecular flexibility index (Phi) is 2.06. The number of carbonyl (C=O) groups is 1. The van der Waals surface area contributed by atoms with Crippen LogP contribution in [0.5, 0.6) is 0 Å². The summed E-state index contributed by atoms with van der Waals surface area (Å²) < 4.78 is 5.19. The first-order chi connectivity index (χ1) is 4.70. The molecule has 0 aliphatic rings. The van der Waals surface area contributed by atoms with Gasteiger partial charge in [0, 0.05) is 0 Å². The molecule has 0 unspecified atom stereocenters. The van der Waals surface area contributed by atoms with Crippen LogP contribution in [-0.4, -0.2) is 16.2 Å². The van der Waals surface area contributed by atoms with Gasteiger partial charge < -0.3 is 9.63 Å². The lowest BCUT2D eigenvalue weighted by atomic mass is 10.3. The molecule has 0 saturated carbocycles. The molecule has 1 N–H and O–H groups in total. The van der Waals surface area contributed by atoms with Crippen molar-refractivity contribution in [3.63, 3.8) is 0 Å². The first kappa shape index (κ1) is 7.27. The van der Waals surface area contributed by atoms with Crippen molar-refractivity contribution in [2.45, 2.75) is 6.42 Å². The highest BCUT2D eigenvalue weighted by atomic mass is 79.9. The molecule has 0 aromatic carbocycles. The Labute approximate surface area is 64.9 Å². The minimum absolute atomic E-state index is 0.138. The van der Waals surface area contributed by atoms with Crippen LogP contribution in [0, 0.1) is 0 Å². The maximum atomic E-state index is 10.1. The second-order valence-corrected chi connectivity index (χ2v) is 2.52. The number of nitrogens with zero attached hydrogens (tertiary/aromatic N) is 1. The summed E-state index contributed by atoms with van der Waals surface area (Å²) in [6.07, 6.45) is 1.28. The number of hydrogen-bond donors (Lipinski definition) is 1. The highest BCUT2D eigenvalue weighted by Crippen LogP contribution is 2.15. The average molecular weight is 206 g/mol. The minimum atomic E-state index is -0.933. The maximum absolute atomic E-state index is 10.1. The molecule has 0 radical (unpaired) electrons. The van der Waals surface area contributed by atoms with Crippen molar-refractivity contribution >= 4 is 21.9 Å². The Bertz CT molecular complexity index is 245. The van der Waals surface area contributed by atoms with Crippen molar-refractivity contribution in [1.82, 2.24) is 5.16 Å². The molecule has 4 nitrogen and oxygen atoms in total. The van der Waals surface area contributed by atoms with E-state index in [9.17, 15) is 4.79 Å². The molecule has 0 aliphatic carbocycles. The van der Waals surface area contributed by atoms with Crippen LogP contribution >= 0.6 is 15.9 Å². The smallest absolute Gasteiger partial charge is 0.311 e. The van der Waals surface area contributed by atoms with Gasteiger partial charge in [-0.1, -0.05) is 5.16 Å². The summed E-state index contributed by atoms with van der Waals surface area (Å²) in [5, 5.41) is 11.7.